The van der Waals surface area contributed by atoms with Gasteiger partial charge in [0, 0.05) is 44.5 Å². The Morgan fingerprint density at radius 3 is 2.05 bits per heavy atom. The molecule has 75 heavy (non-hydrogen) atoms. The Hall–Kier alpha value is -6.92. The van der Waals surface area contributed by atoms with Gasteiger partial charge in [0.15, 0.2) is 5.96 Å². The van der Waals surface area contributed by atoms with E-state index in [-0.39, 0.29) is 101 Å². The van der Waals surface area contributed by atoms with E-state index in [1.165, 1.54) is 23.5 Å². The van der Waals surface area contributed by atoms with Crippen LogP contribution in [0.5, 0.6) is 0 Å². The molecule has 29 heteroatoms. The molecular weight excluding hydrogens is 979 g/mol. The number of carbonyl (C=O) groups excluding carboxylic acids is 9. The number of rotatable bonds is 37. The van der Waals surface area contributed by atoms with Crippen molar-refractivity contribution >= 4 is 64.8 Å². The van der Waals surface area contributed by atoms with Crippen molar-refractivity contribution in [3.63, 3.8) is 0 Å². The predicted octanol–water partition coefficient (Wildman–Crippen LogP) is -6.18. The molecule has 0 unspecified atom stereocenters. The molecule has 5 atom stereocenters. The smallest absolute Gasteiger partial charge is 0.269 e. The number of hydrogen-bond acceptors (Lipinski definition) is 17. The van der Waals surface area contributed by atoms with E-state index in [0.29, 0.717) is 70.3 Å². The third-order valence-electron chi connectivity index (χ3n) is 11.5. The highest BCUT2D eigenvalue weighted by atomic mass is 16.3. The van der Waals surface area contributed by atoms with Gasteiger partial charge in [-0.2, -0.15) is 0 Å². The van der Waals surface area contributed by atoms with Crippen molar-refractivity contribution in [1.29, 1.82) is 0 Å². The Labute approximate surface area is 436 Å². The van der Waals surface area contributed by atoms with Gasteiger partial charge in [0.25, 0.3) is 17.7 Å². The fourth-order valence-electron chi connectivity index (χ4n) is 7.46. The van der Waals surface area contributed by atoms with Gasteiger partial charge in [0.05, 0.1) is 31.9 Å². The number of carbonyl (C=O) groups is 9. The van der Waals surface area contributed by atoms with Gasteiger partial charge in [-0.05, 0) is 110 Å². The van der Waals surface area contributed by atoms with Gasteiger partial charge in [-0.3, -0.25) is 48.1 Å². The van der Waals surface area contributed by atoms with Crippen molar-refractivity contribution in [2.45, 2.75) is 127 Å². The molecule has 1 saturated heterocycles. The van der Waals surface area contributed by atoms with Crippen LogP contribution in [0.4, 0.5) is 0 Å². The standard InChI is InChI=1S/C46H81N19O10/c47-15-3-1-10-31(40(70)55-19-6-5-17-49)61-42(72)33(13-8-20-56-46(52)53)62-41(71)32(11-2-4-16-48)63-43(73)35(22-29-25-54-28-59-29)64-44(74)36-14-9-21-65(36)45(75)34(12-7-18-50)60-39(69)27-58-38(68)26-57-37(67)23-30(66)24-51/h13,25,28,30-32,35-36,66H,1-12,14-24,26-27,47-51H2,(H,54,59)(H,55,70)(H,57,67)(H,58,68)(H,61,72)(H,62,71)(H,63,73)(H,64,74)(H4,52,53,56)/b33-13-,60-34?/t30-,31+,32+,35+,36+/m1/s1. The summed E-state index contributed by atoms with van der Waals surface area (Å²) >= 11 is 0. The van der Waals surface area contributed by atoms with Crippen LogP contribution in [0.2, 0.25) is 0 Å². The second-order valence-electron chi connectivity index (χ2n) is 17.6. The zero-order valence-corrected chi connectivity index (χ0v) is 42.7. The van der Waals surface area contributed by atoms with E-state index in [2.05, 4.69) is 57.2 Å². The van der Waals surface area contributed by atoms with Crippen LogP contribution in [0.25, 0.3) is 0 Å². The topological polar surface area (TPSA) is 497 Å². The first-order valence-corrected chi connectivity index (χ1v) is 25.3. The van der Waals surface area contributed by atoms with Crippen molar-refractivity contribution in [2.75, 3.05) is 65.4 Å². The maximum atomic E-state index is 14.4. The highest BCUT2D eigenvalue weighted by Crippen LogP contribution is 2.20. The molecule has 0 bridgehead atoms. The van der Waals surface area contributed by atoms with Crippen LogP contribution >= 0.6 is 0 Å². The van der Waals surface area contributed by atoms with E-state index < -0.39 is 96.5 Å². The normalized spacial score (nSPS) is 15.1. The third kappa shape index (κ3) is 25.7. The molecule has 23 N–H and O–H groups in total. The number of guanidine groups is 1. The van der Waals surface area contributed by atoms with E-state index in [1.54, 1.807) is 0 Å². The summed E-state index contributed by atoms with van der Waals surface area (Å²) in [5.41, 5.74) is 39.1. The Kier molecular flexibility index (Phi) is 31.6. The number of likely N-dealkylation sites (tertiary alicyclic amines) is 1. The summed E-state index contributed by atoms with van der Waals surface area (Å²) < 4.78 is 0. The number of H-pyrrole nitrogens is 1. The zero-order valence-electron chi connectivity index (χ0n) is 42.7. The number of unbranched alkanes of at least 4 members (excludes halogenated alkanes) is 3. The first kappa shape index (κ1) is 64.2. The van der Waals surface area contributed by atoms with Crippen LogP contribution in [0, 0.1) is 0 Å². The van der Waals surface area contributed by atoms with Crippen molar-refractivity contribution in [1.82, 2.24) is 52.1 Å². The SMILES string of the molecule is NCCCCNC(=O)[C@H](CCCCN)NC(=O)/C(=C/CCN=C(N)N)NC(=O)[C@H](CCCCN)NC(=O)[C@H](Cc1cnc[nH]1)NC(=O)[C@@H]1CCCN1C(=O)C(CCCN)=NC(=O)CNC(=O)CNC(=O)C[C@@H](O)CN. The Morgan fingerprint density at radius 2 is 1.43 bits per heavy atom. The summed E-state index contributed by atoms with van der Waals surface area (Å²) in [5.74, 6) is -6.81. The number of aliphatic hydroxyl groups excluding tert-OH is 1. The lowest BCUT2D eigenvalue weighted by atomic mass is 10.1. The fraction of sp³-hybridized carbons (Fsp3) is 0.652. The summed E-state index contributed by atoms with van der Waals surface area (Å²) in [6, 6.07) is -4.79. The molecule has 2 heterocycles. The molecule has 0 saturated carbocycles. The molecule has 0 aliphatic carbocycles. The first-order chi connectivity index (χ1) is 36.0. The number of amides is 9. The summed E-state index contributed by atoms with van der Waals surface area (Å²) in [4.78, 5) is 137. The summed E-state index contributed by atoms with van der Waals surface area (Å²) in [6.45, 7) is 0.373. The fourth-order valence-corrected chi connectivity index (χ4v) is 7.46. The Bertz CT molecular complexity index is 2080. The lowest BCUT2D eigenvalue weighted by Gasteiger charge is -2.28. The van der Waals surface area contributed by atoms with Crippen molar-refractivity contribution in [3.8, 4) is 0 Å². The van der Waals surface area contributed by atoms with Gasteiger partial charge in [-0.1, -0.05) is 6.08 Å². The molecule has 0 radical (unpaired) electrons. The number of nitrogens with two attached hydrogens (primary N) is 7. The van der Waals surface area contributed by atoms with E-state index in [1.807, 2.05) is 0 Å². The van der Waals surface area contributed by atoms with E-state index in [4.69, 9.17) is 40.1 Å². The number of nitrogens with one attached hydrogen (secondary N) is 8. The largest absolute Gasteiger partial charge is 0.391 e. The third-order valence-corrected chi connectivity index (χ3v) is 11.5. The molecule has 29 nitrogen and oxygen atoms in total. The van der Waals surface area contributed by atoms with Gasteiger partial charge in [0.2, 0.25) is 35.4 Å². The second-order valence-corrected chi connectivity index (χ2v) is 17.6. The minimum absolute atomic E-state index is 0.0412. The maximum Gasteiger partial charge on any atom is 0.269 e. The highest BCUT2D eigenvalue weighted by Gasteiger charge is 2.38. The van der Waals surface area contributed by atoms with Crippen LogP contribution in [0.15, 0.2) is 34.3 Å². The molecule has 1 aliphatic rings. The maximum absolute atomic E-state index is 14.4. The molecule has 0 spiro atoms. The van der Waals surface area contributed by atoms with Crippen molar-refractivity contribution in [3.05, 3.63) is 30.0 Å². The van der Waals surface area contributed by atoms with Crippen molar-refractivity contribution in [2.24, 2.45) is 50.1 Å². The number of aliphatic hydroxyl groups is 1. The number of imidazole rings is 1. The minimum Gasteiger partial charge on any atom is -0.391 e. The Balaban J connectivity index is 2.38. The van der Waals surface area contributed by atoms with Gasteiger partial charge < -0.3 is 92.3 Å². The van der Waals surface area contributed by atoms with Crippen LogP contribution < -0.4 is 77.4 Å². The number of aromatic amines is 1. The van der Waals surface area contributed by atoms with Crippen LogP contribution in [0.3, 0.4) is 0 Å². The number of aromatic nitrogens is 2. The van der Waals surface area contributed by atoms with Gasteiger partial charge in [-0.15, -0.1) is 0 Å². The second kappa shape index (κ2) is 36.9. The average Bonchev–Trinajstić information content (AvgIpc) is 4.10. The Morgan fingerprint density at radius 1 is 0.773 bits per heavy atom. The monoisotopic (exact) mass is 1060 g/mol. The van der Waals surface area contributed by atoms with Crippen LogP contribution in [-0.4, -0.2) is 181 Å². The van der Waals surface area contributed by atoms with Gasteiger partial charge in [-0.25, -0.2) is 9.98 Å². The van der Waals surface area contributed by atoms with Crippen LogP contribution in [0.1, 0.15) is 95.6 Å². The van der Waals surface area contributed by atoms with Gasteiger partial charge in [0.1, 0.15) is 35.6 Å². The summed E-state index contributed by atoms with van der Waals surface area (Å²) in [5, 5.41) is 27.7. The lowest BCUT2D eigenvalue weighted by molar-refractivity contribution is -0.136. The molecule has 1 fully saturated rings. The van der Waals surface area contributed by atoms with Crippen molar-refractivity contribution < 1.29 is 48.3 Å². The number of aliphatic imine (C=N–C) groups is 2. The highest BCUT2D eigenvalue weighted by molar-refractivity contribution is 6.40. The summed E-state index contributed by atoms with van der Waals surface area (Å²) in [6.07, 6.45) is 6.96. The zero-order chi connectivity index (χ0) is 55.5. The lowest BCUT2D eigenvalue weighted by Crippen LogP contribution is -2.57. The molecule has 1 aliphatic heterocycles. The average molecular weight is 1060 g/mol. The number of hydrogen-bond donors (Lipinski definition) is 16. The van der Waals surface area contributed by atoms with E-state index in [0.717, 1.165) is 0 Å². The molecule has 1 aromatic heterocycles. The van der Waals surface area contributed by atoms with E-state index in [9.17, 15) is 48.3 Å². The molecular formula is C46H81N19O10. The van der Waals surface area contributed by atoms with Crippen LogP contribution in [-0.2, 0) is 49.6 Å². The number of nitrogens with zero attached hydrogens (tertiary/aromatic N) is 4. The van der Waals surface area contributed by atoms with Gasteiger partial charge >= 0.3 is 0 Å². The first-order valence-electron chi connectivity index (χ1n) is 25.3. The summed E-state index contributed by atoms with van der Waals surface area (Å²) in [7, 11) is 0. The molecule has 1 aromatic rings. The quantitative estimate of drug-likeness (QED) is 0.0128. The van der Waals surface area contributed by atoms with E-state index >= 15 is 0 Å². The molecule has 0 aromatic carbocycles. The minimum atomic E-state index is -1.36. The molecule has 2 rings (SSSR count). The predicted molar refractivity (Wildman–Crippen MR) is 278 cm³/mol. The molecule has 420 valence electrons. The molecule has 9 amide bonds.